The number of nitro benzene ring substituents is 1. The predicted octanol–water partition coefficient (Wildman–Crippen LogP) is 3.49. The zero-order valence-electron chi connectivity index (χ0n) is 13.2. The van der Waals surface area contributed by atoms with Crippen molar-refractivity contribution in [3.05, 3.63) is 50.6 Å². The van der Waals surface area contributed by atoms with Crippen LogP contribution in [-0.2, 0) is 0 Å². The van der Waals surface area contributed by atoms with Gasteiger partial charge >= 0.3 is 0 Å². The quantitative estimate of drug-likeness (QED) is 0.609. The van der Waals surface area contributed by atoms with Crippen LogP contribution in [0.4, 0.5) is 5.69 Å². The van der Waals surface area contributed by atoms with Crippen molar-refractivity contribution in [2.24, 2.45) is 0 Å². The topological polar surface area (TPSA) is 102 Å². The largest absolute Gasteiger partial charge is 0.337 e. The fourth-order valence-electron chi connectivity index (χ4n) is 3.11. The third-order valence-corrected chi connectivity index (χ3v) is 4.91. The number of rotatable bonds is 4. The number of carbonyl (C=O) groups excluding carboxylic acids is 1. The highest BCUT2D eigenvalue weighted by Crippen LogP contribution is 2.40. The molecule has 0 radical (unpaired) electrons. The normalized spacial score (nSPS) is 20.0. The first kappa shape index (κ1) is 16.0. The minimum Gasteiger partial charge on any atom is -0.337 e. The molecule has 1 aliphatic heterocycles. The summed E-state index contributed by atoms with van der Waals surface area (Å²) in [5.41, 5.74) is -0.0537. The second-order valence-electron chi connectivity index (χ2n) is 6.34. The zero-order valence-corrected chi connectivity index (χ0v) is 14.0. The van der Waals surface area contributed by atoms with Gasteiger partial charge in [-0.25, -0.2) is 0 Å². The van der Waals surface area contributed by atoms with Crippen LogP contribution in [0.3, 0.4) is 0 Å². The van der Waals surface area contributed by atoms with Gasteiger partial charge in [-0.3, -0.25) is 14.9 Å². The van der Waals surface area contributed by atoms with E-state index in [1.807, 2.05) is 0 Å². The average molecular weight is 363 g/mol. The number of hydrogen-bond donors (Lipinski definition) is 0. The Morgan fingerprint density at radius 3 is 2.88 bits per heavy atom. The van der Waals surface area contributed by atoms with Gasteiger partial charge < -0.3 is 9.42 Å². The monoisotopic (exact) mass is 362 g/mol. The summed E-state index contributed by atoms with van der Waals surface area (Å²) >= 11 is 5.82. The molecule has 1 aromatic carbocycles. The number of amides is 1. The van der Waals surface area contributed by atoms with Crippen molar-refractivity contribution >= 4 is 23.2 Å². The molecule has 1 amide bonds. The maximum Gasteiger partial charge on any atom is 0.288 e. The molecule has 4 rings (SSSR count). The van der Waals surface area contributed by atoms with Crippen molar-refractivity contribution in [3.63, 3.8) is 0 Å². The Hall–Kier alpha value is -2.48. The van der Waals surface area contributed by atoms with Gasteiger partial charge in [-0.05, 0) is 37.8 Å². The smallest absolute Gasteiger partial charge is 0.288 e. The molecule has 2 fully saturated rings. The van der Waals surface area contributed by atoms with Gasteiger partial charge in [-0.1, -0.05) is 16.8 Å². The minimum absolute atomic E-state index is 0.00509. The second-order valence-corrected chi connectivity index (χ2v) is 6.75. The van der Waals surface area contributed by atoms with E-state index in [9.17, 15) is 14.9 Å². The molecule has 1 aliphatic carbocycles. The number of carbonyl (C=O) groups is 1. The number of nitro groups is 1. The van der Waals surface area contributed by atoms with Crippen molar-refractivity contribution in [1.82, 2.24) is 15.0 Å². The Bertz CT molecular complexity index is 848. The molecule has 0 spiro atoms. The molecular formula is C16H15ClN4O4. The number of nitrogens with zero attached hydrogens (tertiary/aromatic N) is 4. The molecule has 1 saturated heterocycles. The lowest BCUT2D eigenvalue weighted by Crippen LogP contribution is -2.30. The van der Waals surface area contributed by atoms with Crippen molar-refractivity contribution in [3.8, 4) is 0 Å². The number of aromatic nitrogens is 2. The van der Waals surface area contributed by atoms with E-state index < -0.39 is 4.92 Å². The molecule has 1 unspecified atom stereocenters. The Kier molecular flexibility index (Phi) is 3.91. The molecule has 9 heteroatoms. The lowest BCUT2D eigenvalue weighted by Gasteiger charge is -2.21. The summed E-state index contributed by atoms with van der Waals surface area (Å²) in [6.45, 7) is 0.543. The molecular weight excluding hydrogens is 348 g/mol. The lowest BCUT2D eigenvalue weighted by molar-refractivity contribution is -0.384. The summed E-state index contributed by atoms with van der Waals surface area (Å²) < 4.78 is 5.36. The summed E-state index contributed by atoms with van der Waals surface area (Å²) in [6, 6.07) is 3.79. The maximum absolute atomic E-state index is 12.8. The Morgan fingerprint density at radius 1 is 1.36 bits per heavy atom. The Labute approximate surface area is 147 Å². The number of likely N-dealkylation sites (tertiary alicyclic amines) is 1. The first-order chi connectivity index (χ1) is 12.0. The van der Waals surface area contributed by atoms with Gasteiger partial charge in [-0.15, -0.1) is 0 Å². The molecule has 1 atom stereocenters. The van der Waals surface area contributed by atoms with E-state index in [-0.39, 0.29) is 28.2 Å². The van der Waals surface area contributed by atoms with E-state index in [1.165, 1.54) is 18.2 Å². The van der Waals surface area contributed by atoms with Crippen LogP contribution in [0.5, 0.6) is 0 Å². The van der Waals surface area contributed by atoms with Crippen LogP contribution in [0, 0.1) is 10.1 Å². The van der Waals surface area contributed by atoms with Gasteiger partial charge in [0.25, 0.3) is 11.6 Å². The van der Waals surface area contributed by atoms with Crippen LogP contribution in [0.15, 0.2) is 22.7 Å². The molecule has 1 saturated carbocycles. The van der Waals surface area contributed by atoms with E-state index in [4.69, 9.17) is 16.1 Å². The molecule has 2 aromatic rings. The van der Waals surface area contributed by atoms with E-state index in [0.29, 0.717) is 24.2 Å². The highest BCUT2D eigenvalue weighted by Gasteiger charge is 2.37. The molecule has 0 bridgehead atoms. The molecule has 8 nitrogen and oxygen atoms in total. The number of benzene rings is 1. The van der Waals surface area contributed by atoms with Crippen LogP contribution in [-0.4, -0.2) is 32.4 Å². The van der Waals surface area contributed by atoms with Crippen LogP contribution in [0.2, 0.25) is 5.02 Å². The number of halogens is 1. The Balaban J connectivity index is 1.60. The lowest BCUT2D eigenvalue weighted by atomic mass is 10.1. The van der Waals surface area contributed by atoms with Crippen molar-refractivity contribution in [2.45, 2.75) is 37.6 Å². The van der Waals surface area contributed by atoms with Gasteiger partial charge in [0.05, 0.1) is 4.92 Å². The van der Waals surface area contributed by atoms with Gasteiger partial charge in [0, 0.05) is 24.1 Å². The highest BCUT2D eigenvalue weighted by molar-refractivity contribution is 6.32. The van der Waals surface area contributed by atoms with Crippen LogP contribution in [0.1, 0.15) is 59.7 Å². The average Bonchev–Trinajstić information content (AvgIpc) is 3.13. The predicted molar refractivity (Wildman–Crippen MR) is 87.4 cm³/mol. The van der Waals surface area contributed by atoms with Crippen molar-refractivity contribution in [2.75, 3.05) is 6.54 Å². The summed E-state index contributed by atoms with van der Waals surface area (Å²) in [6.07, 6.45) is 3.68. The highest BCUT2D eigenvalue weighted by atomic mass is 35.5. The summed E-state index contributed by atoms with van der Waals surface area (Å²) in [4.78, 5) is 29.4. The third kappa shape index (κ3) is 2.97. The van der Waals surface area contributed by atoms with Gasteiger partial charge in [0.15, 0.2) is 5.82 Å². The first-order valence-electron chi connectivity index (χ1n) is 8.13. The summed E-state index contributed by atoms with van der Waals surface area (Å²) in [7, 11) is 0. The second kappa shape index (κ2) is 6.11. The van der Waals surface area contributed by atoms with Crippen molar-refractivity contribution < 1.29 is 14.2 Å². The SMILES string of the molecule is O=C(c1ccc(Cl)c([N+](=O)[O-])c1)N1CCCC1c1nc(C2CC2)no1. The van der Waals surface area contributed by atoms with Crippen LogP contribution < -0.4 is 0 Å². The summed E-state index contributed by atoms with van der Waals surface area (Å²) in [5, 5.41) is 15.1. The van der Waals surface area contributed by atoms with Crippen LogP contribution in [0.25, 0.3) is 0 Å². The van der Waals surface area contributed by atoms with E-state index in [2.05, 4.69) is 10.1 Å². The van der Waals surface area contributed by atoms with Crippen molar-refractivity contribution in [1.29, 1.82) is 0 Å². The molecule has 130 valence electrons. The first-order valence-corrected chi connectivity index (χ1v) is 8.51. The zero-order chi connectivity index (χ0) is 17.6. The van der Waals surface area contributed by atoms with Crippen LogP contribution >= 0.6 is 11.6 Å². The van der Waals surface area contributed by atoms with E-state index >= 15 is 0 Å². The van der Waals surface area contributed by atoms with Gasteiger partial charge in [0.1, 0.15) is 11.1 Å². The fourth-order valence-corrected chi connectivity index (χ4v) is 3.29. The Morgan fingerprint density at radius 2 is 2.16 bits per heavy atom. The molecule has 2 heterocycles. The van der Waals surface area contributed by atoms with E-state index in [0.717, 1.165) is 25.7 Å². The molecule has 2 aliphatic rings. The number of hydrogen-bond acceptors (Lipinski definition) is 6. The maximum atomic E-state index is 12.8. The van der Waals surface area contributed by atoms with Gasteiger partial charge in [-0.2, -0.15) is 4.98 Å². The third-order valence-electron chi connectivity index (χ3n) is 4.59. The van der Waals surface area contributed by atoms with E-state index in [1.54, 1.807) is 4.90 Å². The fraction of sp³-hybridized carbons (Fsp3) is 0.438. The van der Waals surface area contributed by atoms with Gasteiger partial charge in [0.2, 0.25) is 5.89 Å². The molecule has 25 heavy (non-hydrogen) atoms. The summed E-state index contributed by atoms with van der Waals surface area (Å²) in [5.74, 6) is 1.23. The molecule has 0 N–H and O–H groups in total. The standard InChI is InChI=1S/C16H15ClN4O4/c17-11-6-5-10(8-13(11)21(23)24)16(22)20-7-1-2-12(20)15-18-14(19-25-15)9-3-4-9/h5-6,8-9,12H,1-4,7H2. The minimum atomic E-state index is -0.597. The molecule has 1 aromatic heterocycles.